The van der Waals surface area contributed by atoms with Gasteiger partial charge in [0.2, 0.25) is 0 Å². The first kappa shape index (κ1) is 12.7. The predicted molar refractivity (Wildman–Crippen MR) is 60.9 cm³/mol. The van der Waals surface area contributed by atoms with Crippen LogP contribution in [0.4, 0.5) is 0 Å². The van der Waals surface area contributed by atoms with E-state index < -0.39 is 11.5 Å². The van der Waals surface area contributed by atoms with Crippen molar-refractivity contribution >= 4 is 5.97 Å². The monoisotopic (exact) mass is 223 g/mol. The normalized spacial score (nSPS) is 11.4. The highest BCUT2D eigenvalue weighted by Gasteiger charge is 2.25. The van der Waals surface area contributed by atoms with Gasteiger partial charge in [-0.3, -0.25) is 10.1 Å². The summed E-state index contributed by atoms with van der Waals surface area (Å²) in [5, 5.41) is 11.6. The molecule has 0 aliphatic heterocycles. The molecule has 0 radical (unpaired) electrons. The first-order chi connectivity index (χ1) is 7.52. The van der Waals surface area contributed by atoms with Gasteiger partial charge in [0.25, 0.3) is 0 Å². The van der Waals surface area contributed by atoms with E-state index >= 15 is 0 Å². The van der Waals surface area contributed by atoms with Gasteiger partial charge >= 0.3 is 5.97 Å². The average molecular weight is 223 g/mol. The van der Waals surface area contributed by atoms with Crippen molar-refractivity contribution in [3.8, 4) is 0 Å². The molecule has 0 fully saturated rings. The summed E-state index contributed by atoms with van der Waals surface area (Å²) in [5.74, 6) is -0.893. The molecule has 0 spiro atoms. The van der Waals surface area contributed by atoms with Gasteiger partial charge in [0.05, 0.1) is 13.3 Å². The molecule has 0 aromatic heterocycles. The Labute approximate surface area is 95.2 Å². The number of benzene rings is 1. The Bertz CT molecular complexity index is 335. The number of carboxylic acids is 1. The fraction of sp³-hybridized carbons (Fsp3) is 0.417. The minimum absolute atomic E-state index is 0.216. The van der Waals surface area contributed by atoms with Crippen LogP contribution in [0.25, 0.3) is 0 Å². The van der Waals surface area contributed by atoms with E-state index in [1.54, 1.807) is 13.8 Å². The zero-order valence-electron chi connectivity index (χ0n) is 9.56. The molecule has 0 saturated heterocycles. The molecule has 4 heteroatoms. The summed E-state index contributed by atoms with van der Waals surface area (Å²) < 4.78 is 5.33. The minimum Gasteiger partial charge on any atom is -0.480 e. The van der Waals surface area contributed by atoms with E-state index in [0.29, 0.717) is 6.61 Å². The van der Waals surface area contributed by atoms with Gasteiger partial charge in [-0.1, -0.05) is 30.3 Å². The van der Waals surface area contributed by atoms with Crippen molar-refractivity contribution in [2.45, 2.75) is 26.0 Å². The molecule has 88 valence electrons. The maximum Gasteiger partial charge on any atom is 0.323 e. The van der Waals surface area contributed by atoms with Gasteiger partial charge in [-0.25, -0.2) is 0 Å². The number of ether oxygens (including phenoxy) is 1. The van der Waals surface area contributed by atoms with Gasteiger partial charge in [-0.05, 0) is 19.4 Å². The summed E-state index contributed by atoms with van der Waals surface area (Å²) in [6.07, 6.45) is 0. The van der Waals surface area contributed by atoms with Crippen molar-refractivity contribution in [2.75, 3.05) is 6.73 Å². The van der Waals surface area contributed by atoms with Gasteiger partial charge < -0.3 is 9.84 Å². The van der Waals surface area contributed by atoms with Crippen LogP contribution in [0.5, 0.6) is 0 Å². The van der Waals surface area contributed by atoms with Crippen LogP contribution in [0.3, 0.4) is 0 Å². The van der Waals surface area contributed by atoms with E-state index in [-0.39, 0.29) is 6.73 Å². The van der Waals surface area contributed by atoms with Crippen molar-refractivity contribution in [3.63, 3.8) is 0 Å². The summed E-state index contributed by atoms with van der Waals surface area (Å²) in [5.41, 5.74) is 0.105. The number of carboxylic acid groups (broad SMARTS) is 1. The second-order valence-corrected chi connectivity index (χ2v) is 4.09. The molecule has 0 saturated carbocycles. The summed E-state index contributed by atoms with van der Waals surface area (Å²) in [7, 11) is 0. The first-order valence-corrected chi connectivity index (χ1v) is 5.12. The lowest BCUT2D eigenvalue weighted by Crippen LogP contribution is -2.47. The number of hydrogen-bond acceptors (Lipinski definition) is 3. The lowest BCUT2D eigenvalue weighted by molar-refractivity contribution is -0.144. The van der Waals surface area contributed by atoms with Gasteiger partial charge in [0, 0.05) is 0 Å². The predicted octanol–water partition coefficient (Wildman–Crippen LogP) is 1.61. The number of rotatable bonds is 6. The van der Waals surface area contributed by atoms with E-state index in [9.17, 15) is 4.79 Å². The van der Waals surface area contributed by atoms with Gasteiger partial charge in [-0.2, -0.15) is 0 Å². The number of nitrogens with one attached hydrogen (secondary N) is 1. The quantitative estimate of drug-likeness (QED) is 0.568. The molecular formula is C12H17NO3. The van der Waals surface area contributed by atoms with Crippen LogP contribution in [0.2, 0.25) is 0 Å². The van der Waals surface area contributed by atoms with Crippen molar-refractivity contribution in [2.24, 2.45) is 0 Å². The number of carbonyl (C=O) groups is 1. The summed E-state index contributed by atoms with van der Waals surface area (Å²) in [4.78, 5) is 10.8. The van der Waals surface area contributed by atoms with E-state index in [4.69, 9.17) is 9.84 Å². The molecule has 0 amide bonds. The van der Waals surface area contributed by atoms with Crippen molar-refractivity contribution < 1.29 is 14.6 Å². The van der Waals surface area contributed by atoms with E-state index in [2.05, 4.69) is 5.32 Å². The molecule has 2 N–H and O–H groups in total. The van der Waals surface area contributed by atoms with Crippen LogP contribution in [0.1, 0.15) is 19.4 Å². The SMILES string of the molecule is CC(C)(NCOCc1ccccc1)C(=O)O. The highest BCUT2D eigenvalue weighted by atomic mass is 16.5. The fourth-order valence-corrected chi connectivity index (χ4v) is 1.05. The second-order valence-electron chi connectivity index (χ2n) is 4.09. The molecule has 0 atom stereocenters. The maximum atomic E-state index is 10.8. The zero-order chi connectivity index (χ0) is 12.0. The summed E-state index contributed by atoms with van der Waals surface area (Å²) in [6, 6.07) is 9.74. The highest BCUT2D eigenvalue weighted by molar-refractivity contribution is 5.77. The number of hydrogen-bond donors (Lipinski definition) is 2. The molecule has 0 aliphatic carbocycles. The summed E-state index contributed by atoms with van der Waals surface area (Å²) in [6.45, 7) is 3.89. The van der Waals surface area contributed by atoms with Crippen LogP contribution < -0.4 is 5.32 Å². The maximum absolute atomic E-state index is 10.8. The van der Waals surface area contributed by atoms with Crippen LogP contribution in [0, 0.1) is 0 Å². The molecule has 0 heterocycles. The largest absolute Gasteiger partial charge is 0.480 e. The lowest BCUT2D eigenvalue weighted by Gasteiger charge is -2.20. The fourth-order valence-electron chi connectivity index (χ4n) is 1.05. The summed E-state index contributed by atoms with van der Waals surface area (Å²) >= 11 is 0. The van der Waals surface area contributed by atoms with Crippen molar-refractivity contribution in [3.05, 3.63) is 35.9 Å². The third kappa shape index (κ3) is 4.00. The topological polar surface area (TPSA) is 58.6 Å². The molecule has 1 rings (SSSR count). The van der Waals surface area contributed by atoms with E-state index in [1.807, 2.05) is 30.3 Å². The lowest BCUT2D eigenvalue weighted by atomic mass is 10.1. The molecule has 4 nitrogen and oxygen atoms in total. The minimum atomic E-state index is -0.962. The first-order valence-electron chi connectivity index (χ1n) is 5.12. The Hall–Kier alpha value is -1.39. The van der Waals surface area contributed by atoms with Crippen LogP contribution >= 0.6 is 0 Å². The average Bonchev–Trinajstić information content (AvgIpc) is 2.26. The third-order valence-corrected chi connectivity index (χ3v) is 2.26. The number of aliphatic carboxylic acids is 1. The van der Waals surface area contributed by atoms with Crippen LogP contribution in [0.15, 0.2) is 30.3 Å². The Morgan fingerprint density at radius 1 is 1.38 bits per heavy atom. The van der Waals surface area contributed by atoms with Crippen LogP contribution in [-0.2, 0) is 16.1 Å². The molecule has 0 unspecified atom stereocenters. The van der Waals surface area contributed by atoms with Crippen molar-refractivity contribution in [1.29, 1.82) is 0 Å². The van der Waals surface area contributed by atoms with Gasteiger partial charge in [0.1, 0.15) is 5.54 Å². The Morgan fingerprint density at radius 3 is 2.56 bits per heavy atom. The third-order valence-electron chi connectivity index (χ3n) is 2.26. The Morgan fingerprint density at radius 2 is 2.00 bits per heavy atom. The van der Waals surface area contributed by atoms with Gasteiger partial charge in [0.15, 0.2) is 0 Å². The molecule has 0 aliphatic rings. The molecular weight excluding hydrogens is 206 g/mol. The molecule has 16 heavy (non-hydrogen) atoms. The zero-order valence-corrected chi connectivity index (χ0v) is 9.56. The van der Waals surface area contributed by atoms with E-state index in [1.165, 1.54) is 0 Å². The molecule has 1 aromatic rings. The standard InChI is InChI=1S/C12H17NO3/c1-12(2,11(14)15)13-9-16-8-10-6-4-3-5-7-10/h3-7,13H,8-9H2,1-2H3,(H,14,15). The molecule has 0 bridgehead atoms. The van der Waals surface area contributed by atoms with Crippen molar-refractivity contribution in [1.82, 2.24) is 5.32 Å². The van der Waals surface area contributed by atoms with Gasteiger partial charge in [-0.15, -0.1) is 0 Å². The molecule has 1 aromatic carbocycles. The highest BCUT2D eigenvalue weighted by Crippen LogP contribution is 2.03. The second kappa shape index (κ2) is 5.63. The van der Waals surface area contributed by atoms with Crippen LogP contribution in [-0.4, -0.2) is 23.3 Å². The van der Waals surface area contributed by atoms with E-state index in [0.717, 1.165) is 5.56 Å². The Balaban J connectivity index is 2.25. The smallest absolute Gasteiger partial charge is 0.323 e. The Kier molecular flexibility index (Phi) is 4.46.